The Hall–Kier alpha value is -1.62. The Morgan fingerprint density at radius 1 is 1.56 bits per heavy atom. The molecule has 98 valence electrons. The second-order valence-corrected chi connectivity index (χ2v) is 4.33. The Balaban J connectivity index is 1.96. The van der Waals surface area contributed by atoms with Crippen molar-refractivity contribution in [2.75, 3.05) is 25.1 Å². The monoisotopic (exact) mass is 249 g/mol. The summed E-state index contributed by atoms with van der Waals surface area (Å²) >= 11 is 0. The van der Waals surface area contributed by atoms with Gasteiger partial charge in [0.05, 0.1) is 12.6 Å². The van der Waals surface area contributed by atoms with Gasteiger partial charge in [-0.05, 0) is 31.9 Å². The number of pyridine rings is 1. The van der Waals surface area contributed by atoms with Crippen LogP contribution in [-0.2, 0) is 4.74 Å². The Bertz CT molecular complexity index is 403. The van der Waals surface area contributed by atoms with Crippen molar-refractivity contribution in [1.29, 1.82) is 0 Å². The number of carbonyl (C=O) groups is 1. The van der Waals surface area contributed by atoms with Crippen LogP contribution in [0.1, 0.15) is 30.3 Å². The third-order valence-corrected chi connectivity index (χ3v) is 2.84. The largest absolute Gasteiger partial charge is 0.379 e. The fourth-order valence-corrected chi connectivity index (χ4v) is 1.95. The van der Waals surface area contributed by atoms with Gasteiger partial charge < -0.3 is 15.4 Å². The van der Waals surface area contributed by atoms with E-state index >= 15 is 0 Å². The lowest BCUT2D eigenvalue weighted by Gasteiger charge is -2.22. The van der Waals surface area contributed by atoms with E-state index < -0.39 is 0 Å². The minimum atomic E-state index is -0.134. The summed E-state index contributed by atoms with van der Waals surface area (Å²) in [6, 6.07) is 5.51. The number of nitrogens with one attached hydrogen (secondary N) is 2. The highest BCUT2D eigenvalue weighted by Gasteiger charge is 2.17. The highest BCUT2D eigenvalue weighted by Crippen LogP contribution is 2.08. The lowest BCUT2D eigenvalue weighted by Crippen LogP contribution is -2.40. The molecule has 0 radical (unpaired) electrons. The van der Waals surface area contributed by atoms with Crippen LogP contribution in [0, 0.1) is 0 Å². The molecule has 1 aliphatic rings. The number of amides is 1. The van der Waals surface area contributed by atoms with Crippen LogP contribution in [0.2, 0.25) is 0 Å². The molecule has 1 fully saturated rings. The summed E-state index contributed by atoms with van der Waals surface area (Å²) in [5.41, 5.74) is 0.444. The number of rotatable bonds is 4. The second kappa shape index (κ2) is 6.35. The molecule has 2 N–H and O–H groups in total. The van der Waals surface area contributed by atoms with Crippen LogP contribution in [0.5, 0.6) is 0 Å². The van der Waals surface area contributed by atoms with Crippen molar-refractivity contribution in [3.63, 3.8) is 0 Å². The molecule has 1 atom stereocenters. The highest BCUT2D eigenvalue weighted by atomic mass is 16.5. The summed E-state index contributed by atoms with van der Waals surface area (Å²) in [5, 5.41) is 6.04. The molecular formula is C13H19N3O2. The van der Waals surface area contributed by atoms with Crippen molar-refractivity contribution < 1.29 is 9.53 Å². The molecule has 0 aromatic carbocycles. The van der Waals surface area contributed by atoms with E-state index in [4.69, 9.17) is 4.74 Å². The van der Waals surface area contributed by atoms with Crippen molar-refractivity contribution in [2.45, 2.75) is 25.8 Å². The molecule has 0 bridgehead atoms. The highest BCUT2D eigenvalue weighted by molar-refractivity contribution is 5.92. The Kier molecular flexibility index (Phi) is 4.52. The summed E-state index contributed by atoms with van der Waals surface area (Å²) in [6.45, 7) is 4.17. The summed E-state index contributed by atoms with van der Waals surface area (Å²) in [6.07, 6.45) is 1.97. The molecule has 0 spiro atoms. The van der Waals surface area contributed by atoms with Gasteiger partial charge in [0.1, 0.15) is 11.5 Å². The van der Waals surface area contributed by atoms with Crippen LogP contribution >= 0.6 is 0 Å². The van der Waals surface area contributed by atoms with Crippen molar-refractivity contribution in [3.05, 3.63) is 23.9 Å². The number of carbonyl (C=O) groups excluding carboxylic acids is 1. The van der Waals surface area contributed by atoms with E-state index in [-0.39, 0.29) is 11.9 Å². The topological polar surface area (TPSA) is 63.2 Å². The van der Waals surface area contributed by atoms with Gasteiger partial charge in [0.25, 0.3) is 5.91 Å². The zero-order chi connectivity index (χ0) is 12.8. The fraction of sp³-hybridized carbons (Fsp3) is 0.538. The van der Waals surface area contributed by atoms with Crippen molar-refractivity contribution in [1.82, 2.24) is 10.3 Å². The standard InChI is InChI=1S/C13H19N3O2/c1-2-14-12-7-3-6-11(16-12)13(17)15-10-5-4-8-18-9-10/h3,6-7,10H,2,4-5,8-9H2,1H3,(H,14,16)(H,15,17). The third-order valence-electron chi connectivity index (χ3n) is 2.84. The first-order valence-corrected chi connectivity index (χ1v) is 6.39. The quantitative estimate of drug-likeness (QED) is 0.847. The number of nitrogens with zero attached hydrogens (tertiary/aromatic N) is 1. The molecule has 1 aliphatic heterocycles. The first-order valence-electron chi connectivity index (χ1n) is 6.39. The van der Waals surface area contributed by atoms with Crippen LogP contribution in [0.15, 0.2) is 18.2 Å². The maximum absolute atomic E-state index is 12.0. The van der Waals surface area contributed by atoms with Gasteiger partial charge in [0.15, 0.2) is 0 Å². The molecule has 0 aliphatic carbocycles. The van der Waals surface area contributed by atoms with Gasteiger partial charge in [-0.15, -0.1) is 0 Å². The molecule has 1 amide bonds. The predicted molar refractivity (Wildman–Crippen MR) is 69.7 cm³/mol. The summed E-state index contributed by atoms with van der Waals surface area (Å²) < 4.78 is 5.33. The van der Waals surface area contributed by atoms with Crippen LogP contribution in [0.25, 0.3) is 0 Å². The number of aromatic nitrogens is 1. The van der Waals surface area contributed by atoms with Gasteiger partial charge in [-0.25, -0.2) is 4.98 Å². The molecule has 1 saturated heterocycles. The molecule has 1 aromatic heterocycles. The average molecular weight is 249 g/mol. The van der Waals surface area contributed by atoms with Gasteiger partial charge in [-0.1, -0.05) is 6.07 Å². The minimum absolute atomic E-state index is 0.107. The zero-order valence-electron chi connectivity index (χ0n) is 10.6. The van der Waals surface area contributed by atoms with Crippen molar-refractivity contribution in [2.24, 2.45) is 0 Å². The van der Waals surface area contributed by atoms with Gasteiger partial charge in [-0.2, -0.15) is 0 Å². The Labute approximate surface area is 107 Å². The third kappa shape index (κ3) is 3.43. The molecule has 2 heterocycles. The SMILES string of the molecule is CCNc1cccc(C(=O)NC2CCCOC2)n1. The van der Waals surface area contributed by atoms with E-state index in [0.717, 1.165) is 31.8 Å². The molecule has 1 aromatic rings. The van der Waals surface area contributed by atoms with E-state index in [0.29, 0.717) is 12.3 Å². The van der Waals surface area contributed by atoms with Gasteiger partial charge in [0, 0.05) is 13.2 Å². The molecular weight excluding hydrogens is 230 g/mol. The molecule has 5 nitrogen and oxygen atoms in total. The number of hydrogen-bond acceptors (Lipinski definition) is 4. The predicted octanol–water partition coefficient (Wildman–Crippen LogP) is 1.42. The fourth-order valence-electron chi connectivity index (χ4n) is 1.95. The first-order chi connectivity index (χ1) is 8.79. The van der Waals surface area contributed by atoms with Crippen LogP contribution in [-0.4, -0.2) is 36.7 Å². The Morgan fingerprint density at radius 2 is 2.44 bits per heavy atom. The Morgan fingerprint density at radius 3 is 3.17 bits per heavy atom. The summed E-state index contributed by atoms with van der Waals surface area (Å²) in [4.78, 5) is 16.3. The van der Waals surface area contributed by atoms with Gasteiger partial charge in [0.2, 0.25) is 0 Å². The minimum Gasteiger partial charge on any atom is -0.379 e. The van der Waals surface area contributed by atoms with Crippen LogP contribution in [0.3, 0.4) is 0 Å². The zero-order valence-corrected chi connectivity index (χ0v) is 10.6. The van der Waals surface area contributed by atoms with E-state index in [9.17, 15) is 4.79 Å². The summed E-state index contributed by atoms with van der Waals surface area (Å²) in [5.74, 6) is 0.593. The van der Waals surface area contributed by atoms with Gasteiger partial charge in [-0.3, -0.25) is 4.79 Å². The molecule has 1 unspecified atom stereocenters. The lowest BCUT2D eigenvalue weighted by molar-refractivity contribution is 0.0622. The van der Waals surface area contributed by atoms with Crippen LogP contribution < -0.4 is 10.6 Å². The normalized spacial score (nSPS) is 19.3. The summed E-state index contributed by atoms with van der Waals surface area (Å²) in [7, 11) is 0. The molecule has 2 rings (SSSR count). The van der Waals surface area contributed by atoms with E-state index in [1.807, 2.05) is 19.1 Å². The van der Waals surface area contributed by atoms with E-state index in [1.165, 1.54) is 0 Å². The van der Waals surface area contributed by atoms with Crippen LogP contribution in [0.4, 0.5) is 5.82 Å². The van der Waals surface area contributed by atoms with E-state index in [2.05, 4.69) is 15.6 Å². The maximum Gasteiger partial charge on any atom is 0.270 e. The van der Waals surface area contributed by atoms with Gasteiger partial charge >= 0.3 is 0 Å². The molecule has 0 saturated carbocycles. The first kappa shape index (κ1) is 12.8. The lowest BCUT2D eigenvalue weighted by atomic mass is 10.1. The number of hydrogen-bond donors (Lipinski definition) is 2. The molecule has 5 heteroatoms. The smallest absolute Gasteiger partial charge is 0.270 e. The van der Waals surface area contributed by atoms with E-state index in [1.54, 1.807) is 6.07 Å². The maximum atomic E-state index is 12.0. The number of anilines is 1. The average Bonchev–Trinajstić information content (AvgIpc) is 2.40. The number of ether oxygens (including phenoxy) is 1. The van der Waals surface area contributed by atoms with Crippen molar-refractivity contribution >= 4 is 11.7 Å². The second-order valence-electron chi connectivity index (χ2n) is 4.33. The van der Waals surface area contributed by atoms with Crippen molar-refractivity contribution in [3.8, 4) is 0 Å². The molecule has 18 heavy (non-hydrogen) atoms.